The summed E-state index contributed by atoms with van der Waals surface area (Å²) in [6.45, 7) is 7.48. The summed E-state index contributed by atoms with van der Waals surface area (Å²) in [4.78, 5) is 18.0. The van der Waals surface area contributed by atoms with Gasteiger partial charge in [-0.15, -0.1) is 0 Å². The number of nitrogens with zero attached hydrogens (tertiary/aromatic N) is 2. The Hall–Kier alpha value is -1.39. The fraction of sp³-hybridized carbons (Fsp3) is 0.750. The van der Waals surface area contributed by atoms with Crippen LogP contribution >= 0.6 is 0 Å². The molecule has 1 saturated carbocycles. The summed E-state index contributed by atoms with van der Waals surface area (Å²) in [5.41, 5.74) is 2.64. The predicted octanol–water partition coefficient (Wildman–Crippen LogP) is 6.01. The zero-order chi connectivity index (χ0) is 22.2. The highest BCUT2D eigenvalue weighted by Crippen LogP contribution is 2.44. The van der Waals surface area contributed by atoms with Gasteiger partial charge >= 0.3 is 0 Å². The van der Waals surface area contributed by atoms with Crippen molar-refractivity contribution in [2.75, 3.05) is 44.3 Å². The van der Waals surface area contributed by atoms with Gasteiger partial charge in [0, 0.05) is 25.4 Å². The van der Waals surface area contributed by atoms with Crippen LogP contribution in [-0.2, 0) is 9.53 Å². The molecule has 2 fully saturated rings. The summed E-state index contributed by atoms with van der Waals surface area (Å²) in [6, 6.07) is 8.81. The first-order valence-electron chi connectivity index (χ1n) is 13.5. The van der Waals surface area contributed by atoms with Gasteiger partial charge in [0.15, 0.2) is 0 Å². The van der Waals surface area contributed by atoms with Gasteiger partial charge in [0.25, 0.3) is 0 Å². The maximum atomic E-state index is 13.5. The van der Waals surface area contributed by atoms with Crippen LogP contribution < -0.4 is 4.90 Å². The van der Waals surface area contributed by atoms with Gasteiger partial charge in [-0.3, -0.25) is 9.69 Å². The molecule has 2 heterocycles. The Balaban J connectivity index is 1.34. The average molecular weight is 441 g/mol. The van der Waals surface area contributed by atoms with Crippen LogP contribution in [0.2, 0.25) is 0 Å². The minimum absolute atomic E-state index is 0.298. The SMILES string of the molecule is CCCOCCC1CCN(CC(=O)N2CCCC(C3CCCCC3)c3ccccc32)CC1. The summed E-state index contributed by atoms with van der Waals surface area (Å²) in [7, 11) is 0. The van der Waals surface area contributed by atoms with Crippen molar-refractivity contribution in [1.82, 2.24) is 4.90 Å². The Bertz CT molecular complexity index is 707. The third-order valence-corrected chi connectivity index (χ3v) is 8.13. The van der Waals surface area contributed by atoms with Gasteiger partial charge in [0.2, 0.25) is 5.91 Å². The number of carbonyl (C=O) groups is 1. The molecule has 0 spiro atoms. The highest BCUT2D eigenvalue weighted by atomic mass is 16.5. The highest BCUT2D eigenvalue weighted by Gasteiger charge is 2.32. The lowest BCUT2D eigenvalue weighted by atomic mass is 9.75. The first kappa shape index (κ1) is 23.8. The molecule has 1 saturated heterocycles. The third-order valence-electron chi connectivity index (χ3n) is 8.13. The molecule has 0 bridgehead atoms. The first-order chi connectivity index (χ1) is 15.8. The summed E-state index contributed by atoms with van der Waals surface area (Å²) in [5.74, 6) is 2.50. The molecule has 1 amide bonds. The quantitative estimate of drug-likeness (QED) is 0.464. The van der Waals surface area contributed by atoms with Gasteiger partial charge in [-0.1, -0.05) is 44.4 Å². The second kappa shape index (κ2) is 12.2. The first-order valence-corrected chi connectivity index (χ1v) is 13.5. The van der Waals surface area contributed by atoms with Gasteiger partial charge < -0.3 is 9.64 Å². The Labute approximate surface area is 195 Å². The van der Waals surface area contributed by atoms with Crippen LogP contribution in [0.15, 0.2) is 24.3 Å². The number of anilines is 1. The van der Waals surface area contributed by atoms with Crippen LogP contribution in [0.25, 0.3) is 0 Å². The molecule has 32 heavy (non-hydrogen) atoms. The number of hydrogen-bond donors (Lipinski definition) is 0. The van der Waals surface area contributed by atoms with E-state index < -0.39 is 0 Å². The Morgan fingerprint density at radius 2 is 1.72 bits per heavy atom. The van der Waals surface area contributed by atoms with E-state index in [0.717, 1.165) is 57.5 Å². The van der Waals surface area contributed by atoms with E-state index in [0.29, 0.717) is 18.4 Å². The van der Waals surface area contributed by atoms with Crippen molar-refractivity contribution in [2.45, 2.75) is 83.5 Å². The number of likely N-dealkylation sites (tertiary alicyclic amines) is 1. The van der Waals surface area contributed by atoms with Crippen LogP contribution in [0.4, 0.5) is 5.69 Å². The molecule has 1 atom stereocenters. The van der Waals surface area contributed by atoms with Gasteiger partial charge in [-0.05, 0) is 93.8 Å². The van der Waals surface area contributed by atoms with E-state index in [1.165, 1.54) is 69.0 Å². The maximum Gasteiger partial charge on any atom is 0.241 e. The molecule has 0 N–H and O–H groups in total. The van der Waals surface area contributed by atoms with Gasteiger partial charge in [0.1, 0.15) is 0 Å². The summed E-state index contributed by atoms with van der Waals surface area (Å²) >= 11 is 0. The number of amides is 1. The van der Waals surface area contributed by atoms with Crippen molar-refractivity contribution in [3.05, 3.63) is 29.8 Å². The lowest BCUT2D eigenvalue weighted by Crippen LogP contribution is -2.44. The summed E-state index contributed by atoms with van der Waals surface area (Å²) < 4.78 is 5.68. The van der Waals surface area contributed by atoms with Crippen molar-refractivity contribution in [1.29, 1.82) is 0 Å². The van der Waals surface area contributed by atoms with Crippen molar-refractivity contribution < 1.29 is 9.53 Å². The minimum atomic E-state index is 0.298. The smallest absolute Gasteiger partial charge is 0.241 e. The summed E-state index contributed by atoms with van der Waals surface area (Å²) in [5, 5.41) is 0. The number of para-hydroxylation sites is 1. The molecule has 0 radical (unpaired) electrons. The molecular weight excluding hydrogens is 396 g/mol. The van der Waals surface area contributed by atoms with E-state index in [1.807, 2.05) is 0 Å². The van der Waals surface area contributed by atoms with Crippen molar-refractivity contribution in [3.63, 3.8) is 0 Å². The van der Waals surface area contributed by atoms with Gasteiger partial charge in [-0.25, -0.2) is 0 Å². The van der Waals surface area contributed by atoms with Crippen LogP contribution in [-0.4, -0.2) is 50.2 Å². The molecule has 178 valence electrons. The van der Waals surface area contributed by atoms with Crippen molar-refractivity contribution >= 4 is 11.6 Å². The van der Waals surface area contributed by atoms with Crippen LogP contribution in [0.5, 0.6) is 0 Å². The Morgan fingerprint density at radius 1 is 0.938 bits per heavy atom. The molecule has 0 aromatic heterocycles. The van der Waals surface area contributed by atoms with E-state index in [4.69, 9.17) is 4.74 Å². The topological polar surface area (TPSA) is 32.8 Å². The largest absolute Gasteiger partial charge is 0.381 e. The van der Waals surface area contributed by atoms with Crippen molar-refractivity contribution in [2.24, 2.45) is 11.8 Å². The van der Waals surface area contributed by atoms with E-state index in [2.05, 4.69) is 41.0 Å². The fourth-order valence-corrected chi connectivity index (χ4v) is 6.28. The lowest BCUT2D eigenvalue weighted by Gasteiger charge is -2.34. The monoisotopic (exact) mass is 440 g/mol. The van der Waals surface area contributed by atoms with Crippen LogP contribution in [0.3, 0.4) is 0 Å². The van der Waals surface area contributed by atoms with E-state index in [1.54, 1.807) is 0 Å². The van der Waals surface area contributed by atoms with Gasteiger partial charge in [-0.2, -0.15) is 0 Å². The number of benzene rings is 1. The molecule has 4 heteroatoms. The van der Waals surface area contributed by atoms with Gasteiger partial charge in [0.05, 0.1) is 6.54 Å². The Morgan fingerprint density at radius 3 is 2.50 bits per heavy atom. The zero-order valence-corrected chi connectivity index (χ0v) is 20.3. The zero-order valence-electron chi connectivity index (χ0n) is 20.3. The number of fused-ring (bicyclic) bond motifs is 1. The minimum Gasteiger partial charge on any atom is -0.381 e. The van der Waals surface area contributed by atoms with Crippen molar-refractivity contribution in [3.8, 4) is 0 Å². The summed E-state index contributed by atoms with van der Waals surface area (Å²) in [6.07, 6.45) is 13.9. The number of hydrogen-bond acceptors (Lipinski definition) is 3. The second-order valence-corrected chi connectivity index (χ2v) is 10.4. The van der Waals surface area contributed by atoms with Crippen LogP contribution in [0.1, 0.15) is 89.0 Å². The standard InChI is InChI=1S/C28H44N2O2/c1-2-20-32-21-16-23-14-18-29(19-15-23)22-28(31)30-17-8-12-25(24-9-4-3-5-10-24)26-11-6-7-13-27(26)30/h6-7,11,13,23-25H,2-5,8-10,12,14-22H2,1H3. The molecule has 1 unspecified atom stereocenters. The molecule has 1 aromatic carbocycles. The third kappa shape index (κ3) is 6.14. The molecule has 4 rings (SSSR count). The average Bonchev–Trinajstić information content (AvgIpc) is 3.03. The molecule has 4 nitrogen and oxygen atoms in total. The molecule has 1 aromatic rings. The van der Waals surface area contributed by atoms with E-state index in [9.17, 15) is 4.79 Å². The number of carbonyl (C=O) groups excluding carboxylic acids is 1. The van der Waals surface area contributed by atoms with Crippen LogP contribution in [0, 0.1) is 11.8 Å². The second-order valence-electron chi connectivity index (χ2n) is 10.4. The lowest BCUT2D eigenvalue weighted by molar-refractivity contribution is -0.120. The highest BCUT2D eigenvalue weighted by molar-refractivity contribution is 5.95. The number of piperidine rings is 1. The van der Waals surface area contributed by atoms with E-state index in [-0.39, 0.29) is 0 Å². The molecular formula is C28H44N2O2. The number of ether oxygens (including phenoxy) is 1. The normalized spacial score (nSPS) is 23.7. The fourth-order valence-electron chi connectivity index (χ4n) is 6.28. The maximum absolute atomic E-state index is 13.5. The van der Waals surface area contributed by atoms with E-state index >= 15 is 0 Å². The molecule has 2 aliphatic heterocycles. The predicted molar refractivity (Wildman–Crippen MR) is 132 cm³/mol. The Kier molecular flexibility index (Phi) is 9.04. The molecule has 1 aliphatic carbocycles. The molecule has 3 aliphatic rings. The number of rotatable bonds is 8.